The Morgan fingerprint density at radius 2 is 2.17 bits per heavy atom. The third-order valence-electron chi connectivity index (χ3n) is 4.28. The van der Waals surface area contributed by atoms with Gasteiger partial charge in [-0.3, -0.25) is 4.90 Å². The van der Waals surface area contributed by atoms with Crippen molar-refractivity contribution in [1.29, 1.82) is 5.26 Å². The number of methoxy groups -OCH3 is 1. The summed E-state index contributed by atoms with van der Waals surface area (Å²) in [5.41, 5.74) is 1.40. The number of hydrogen-bond acceptors (Lipinski definition) is 5. The van der Waals surface area contributed by atoms with E-state index in [1.54, 1.807) is 12.1 Å². The van der Waals surface area contributed by atoms with Crippen LogP contribution in [-0.4, -0.2) is 55.6 Å². The highest BCUT2D eigenvalue weighted by Gasteiger charge is 2.30. The van der Waals surface area contributed by atoms with E-state index in [1.165, 1.54) is 7.11 Å². The average Bonchev–Trinajstić information content (AvgIpc) is 2.81. The van der Waals surface area contributed by atoms with Gasteiger partial charge >= 0.3 is 5.97 Å². The summed E-state index contributed by atoms with van der Waals surface area (Å²) in [7, 11) is 1.42. The van der Waals surface area contributed by atoms with Crippen molar-refractivity contribution < 1.29 is 9.53 Å². The minimum atomic E-state index is -0.435. The summed E-state index contributed by atoms with van der Waals surface area (Å²) < 4.78 is 5.03. The molecule has 0 amide bonds. The molecule has 0 aliphatic carbocycles. The number of ether oxygens (including phenoxy) is 1. The van der Waals surface area contributed by atoms with Crippen molar-refractivity contribution in [3.8, 4) is 6.07 Å². The topological polar surface area (TPSA) is 56.6 Å². The number of benzene rings is 1. The minimum Gasteiger partial charge on any atom is -0.468 e. The Kier molecular flexibility index (Phi) is 6.57. The third kappa shape index (κ3) is 4.54. The fourth-order valence-corrected chi connectivity index (χ4v) is 3.17. The molecule has 0 N–H and O–H groups in total. The lowest BCUT2D eigenvalue weighted by Gasteiger charge is -2.29. The summed E-state index contributed by atoms with van der Waals surface area (Å²) in [5, 5.41) is 9.10. The van der Waals surface area contributed by atoms with Gasteiger partial charge in [0.05, 0.1) is 18.7 Å². The van der Waals surface area contributed by atoms with Crippen LogP contribution in [0.4, 0.5) is 0 Å². The van der Waals surface area contributed by atoms with E-state index in [4.69, 9.17) is 10.00 Å². The second-order valence-electron chi connectivity index (χ2n) is 5.89. The van der Waals surface area contributed by atoms with Gasteiger partial charge in [0.1, 0.15) is 6.04 Å². The molecular formula is C18H25N3O2. The van der Waals surface area contributed by atoms with Gasteiger partial charge in [0.15, 0.2) is 0 Å². The largest absolute Gasteiger partial charge is 0.468 e. The molecule has 0 saturated carbocycles. The molecule has 5 heteroatoms. The van der Waals surface area contributed by atoms with Crippen LogP contribution >= 0.6 is 0 Å². The van der Waals surface area contributed by atoms with Gasteiger partial charge in [-0.1, -0.05) is 19.1 Å². The predicted molar refractivity (Wildman–Crippen MR) is 88.8 cm³/mol. The van der Waals surface area contributed by atoms with Crippen molar-refractivity contribution in [1.82, 2.24) is 9.80 Å². The van der Waals surface area contributed by atoms with Crippen LogP contribution in [0.25, 0.3) is 0 Å². The first-order valence-electron chi connectivity index (χ1n) is 8.24. The molecular weight excluding hydrogens is 290 g/mol. The molecule has 1 saturated heterocycles. The smallest absolute Gasteiger partial charge is 0.327 e. The number of carbonyl (C=O) groups excluding carboxylic acids is 1. The summed E-state index contributed by atoms with van der Waals surface area (Å²) in [6.07, 6.45) is 2.18. The number of nitriles is 1. The molecule has 1 aliphatic rings. The van der Waals surface area contributed by atoms with E-state index in [1.807, 2.05) is 12.1 Å². The number of hydrogen-bond donors (Lipinski definition) is 0. The molecule has 0 aromatic heterocycles. The van der Waals surface area contributed by atoms with Crippen molar-refractivity contribution in [2.75, 3.05) is 39.8 Å². The summed E-state index contributed by atoms with van der Waals surface area (Å²) in [5.74, 6) is -0.260. The van der Waals surface area contributed by atoms with Crippen LogP contribution in [0.15, 0.2) is 24.3 Å². The van der Waals surface area contributed by atoms with Crippen LogP contribution in [0.3, 0.4) is 0 Å². The number of rotatable bonds is 5. The van der Waals surface area contributed by atoms with Crippen molar-refractivity contribution in [2.45, 2.75) is 25.8 Å². The molecule has 0 spiro atoms. The number of esters is 1. The van der Waals surface area contributed by atoms with Crippen LogP contribution in [0.1, 0.15) is 36.9 Å². The molecule has 1 aromatic rings. The van der Waals surface area contributed by atoms with E-state index in [0.29, 0.717) is 5.56 Å². The highest BCUT2D eigenvalue weighted by Crippen LogP contribution is 2.24. The summed E-state index contributed by atoms with van der Waals surface area (Å²) in [6, 6.07) is 8.97. The molecule has 2 rings (SSSR count). The van der Waals surface area contributed by atoms with Crippen LogP contribution in [0, 0.1) is 11.3 Å². The second-order valence-corrected chi connectivity index (χ2v) is 5.89. The summed E-state index contributed by atoms with van der Waals surface area (Å²) in [4.78, 5) is 17.0. The van der Waals surface area contributed by atoms with Gasteiger partial charge in [-0.05, 0) is 43.6 Å². The zero-order chi connectivity index (χ0) is 16.7. The van der Waals surface area contributed by atoms with Crippen molar-refractivity contribution in [3.05, 3.63) is 35.4 Å². The van der Waals surface area contributed by atoms with Crippen LogP contribution in [0.2, 0.25) is 0 Å². The van der Waals surface area contributed by atoms with Gasteiger partial charge < -0.3 is 9.64 Å². The Labute approximate surface area is 138 Å². The summed E-state index contributed by atoms with van der Waals surface area (Å²) >= 11 is 0. The first-order chi connectivity index (χ1) is 11.2. The maximum absolute atomic E-state index is 12.4. The number of nitrogens with zero attached hydrogens (tertiary/aromatic N) is 3. The lowest BCUT2D eigenvalue weighted by molar-refractivity contribution is -0.147. The SMILES string of the molecule is CCCN1CCCN([C@H](C(=O)OC)c2cccc(C#N)c2)CC1. The number of carbonyl (C=O) groups is 1. The van der Waals surface area contributed by atoms with E-state index in [2.05, 4.69) is 22.8 Å². The van der Waals surface area contributed by atoms with Crippen molar-refractivity contribution in [3.63, 3.8) is 0 Å². The van der Waals surface area contributed by atoms with Gasteiger partial charge in [0, 0.05) is 19.6 Å². The van der Waals surface area contributed by atoms with Crippen LogP contribution in [0.5, 0.6) is 0 Å². The molecule has 5 nitrogen and oxygen atoms in total. The molecule has 0 bridgehead atoms. The lowest BCUT2D eigenvalue weighted by atomic mass is 10.0. The molecule has 1 fully saturated rings. The zero-order valence-corrected chi connectivity index (χ0v) is 14.0. The molecule has 23 heavy (non-hydrogen) atoms. The molecule has 0 unspecified atom stereocenters. The highest BCUT2D eigenvalue weighted by molar-refractivity contribution is 5.77. The van der Waals surface area contributed by atoms with E-state index in [9.17, 15) is 4.79 Å². The molecule has 1 atom stereocenters. The Balaban J connectivity index is 2.21. The first-order valence-corrected chi connectivity index (χ1v) is 8.24. The van der Waals surface area contributed by atoms with Crippen LogP contribution < -0.4 is 0 Å². The maximum Gasteiger partial charge on any atom is 0.327 e. The molecule has 1 aliphatic heterocycles. The molecule has 124 valence electrons. The van der Waals surface area contributed by atoms with Gasteiger partial charge in [0.2, 0.25) is 0 Å². The summed E-state index contributed by atoms with van der Waals surface area (Å²) in [6.45, 7) is 7.00. The lowest BCUT2D eigenvalue weighted by Crippen LogP contribution is -2.38. The van der Waals surface area contributed by atoms with E-state index in [-0.39, 0.29) is 5.97 Å². The van der Waals surface area contributed by atoms with Crippen LogP contribution in [-0.2, 0) is 9.53 Å². The Bertz CT molecular complexity index is 568. The molecule has 0 radical (unpaired) electrons. The Morgan fingerprint density at radius 3 is 2.87 bits per heavy atom. The van der Waals surface area contributed by atoms with Crippen molar-refractivity contribution >= 4 is 5.97 Å². The first kappa shape index (κ1) is 17.5. The van der Waals surface area contributed by atoms with Gasteiger partial charge in [0.25, 0.3) is 0 Å². The quantitative estimate of drug-likeness (QED) is 0.780. The van der Waals surface area contributed by atoms with E-state index >= 15 is 0 Å². The standard InChI is InChI=1S/C18H25N3O2/c1-3-8-20-9-5-10-21(12-11-20)17(18(22)23-2)16-7-4-6-15(13-16)14-19/h4,6-7,13,17H,3,5,8-12H2,1-2H3/t17-/m0/s1. The predicted octanol–water partition coefficient (Wildman–Crippen LogP) is 2.19. The Morgan fingerprint density at radius 1 is 1.35 bits per heavy atom. The highest BCUT2D eigenvalue weighted by atomic mass is 16.5. The Hall–Kier alpha value is -1.90. The zero-order valence-electron chi connectivity index (χ0n) is 14.0. The van der Waals surface area contributed by atoms with E-state index in [0.717, 1.165) is 51.1 Å². The monoisotopic (exact) mass is 315 g/mol. The third-order valence-corrected chi connectivity index (χ3v) is 4.28. The van der Waals surface area contributed by atoms with Gasteiger partial charge in [-0.25, -0.2) is 4.79 Å². The molecule has 1 heterocycles. The van der Waals surface area contributed by atoms with E-state index < -0.39 is 6.04 Å². The molecule has 1 aromatic carbocycles. The average molecular weight is 315 g/mol. The fraction of sp³-hybridized carbons (Fsp3) is 0.556. The fourth-order valence-electron chi connectivity index (χ4n) is 3.17. The van der Waals surface area contributed by atoms with Crippen molar-refractivity contribution in [2.24, 2.45) is 0 Å². The van der Waals surface area contributed by atoms with Gasteiger partial charge in [-0.15, -0.1) is 0 Å². The second kappa shape index (κ2) is 8.66. The van der Waals surface area contributed by atoms with Gasteiger partial charge in [-0.2, -0.15) is 5.26 Å². The minimum absolute atomic E-state index is 0.260. The normalized spacial score (nSPS) is 18.0. The maximum atomic E-state index is 12.4.